The number of nitrogens with zero attached hydrogens (tertiary/aromatic N) is 5. The SMILES string of the molecule is c1ccc(-n2c(-c3ccc(-n4c5ccncc5c5ccc6sc7c(ccc8c7c7ccccc7n8-c7ccccc7)c6c54)cc3)nc3ccccc32)cc1. The molecular formula is C48H29N5S. The van der Waals surface area contributed by atoms with Crippen molar-refractivity contribution >= 4 is 86.2 Å². The molecule has 0 saturated heterocycles. The molecule has 0 aliphatic heterocycles. The van der Waals surface area contributed by atoms with Crippen molar-refractivity contribution in [2.45, 2.75) is 0 Å². The molecule has 0 radical (unpaired) electrons. The first-order valence-corrected chi connectivity index (χ1v) is 19.0. The zero-order valence-corrected chi connectivity index (χ0v) is 29.7. The molecule has 5 heterocycles. The van der Waals surface area contributed by atoms with Gasteiger partial charge in [0.1, 0.15) is 5.82 Å². The van der Waals surface area contributed by atoms with Crippen LogP contribution in [-0.2, 0) is 0 Å². The van der Waals surface area contributed by atoms with Gasteiger partial charge in [-0.3, -0.25) is 9.55 Å². The fourth-order valence-corrected chi connectivity index (χ4v) is 9.92. The first-order valence-electron chi connectivity index (χ1n) is 18.2. The van der Waals surface area contributed by atoms with Crippen molar-refractivity contribution in [3.05, 3.63) is 176 Å². The Morgan fingerprint density at radius 1 is 0.426 bits per heavy atom. The van der Waals surface area contributed by atoms with Crippen LogP contribution in [0.3, 0.4) is 0 Å². The number of para-hydroxylation sites is 5. The number of rotatable bonds is 4. The van der Waals surface area contributed by atoms with E-state index in [1.54, 1.807) is 0 Å². The van der Waals surface area contributed by atoms with Crippen LogP contribution in [0.1, 0.15) is 0 Å². The fraction of sp³-hybridized carbons (Fsp3) is 0. The molecule has 0 unspecified atom stereocenters. The van der Waals surface area contributed by atoms with Gasteiger partial charge in [-0.25, -0.2) is 4.98 Å². The summed E-state index contributed by atoms with van der Waals surface area (Å²) in [6.45, 7) is 0. The summed E-state index contributed by atoms with van der Waals surface area (Å²) in [5.74, 6) is 0.922. The first-order chi connectivity index (χ1) is 26.8. The summed E-state index contributed by atoms with van der Waals surface area (Å²) in [5, 5.41) is 7.46. The van der Waals surface area contributed by atoms with Crippen LogP contribution in [0.5, 0.6) is 0 Å². The van der Waals surface area contributed by atoms with Gasteiger partial charge in [0.25, 0.3) is 0 Å². The Labute approximate surface area is 313 Å². The molecule has 5 nitrogen and oxygen atoms in total. The molecule has 54 heavy (non-hydrogen) atoms. The highest BCUT2D eigenvalue weighted by atomic mass is 32.1. The van der Waals surface area contributed by atoms with Gasteiger partial charge in [-0.2, -0.15) is 0 Å². The molecule has 7 aromatic carbocycles. The highest BCUT2D eigenvalue weighted by Gasteiger charge is 2.22. The maximum absolute atomic E-state index is 5.13. The van der Waals surface area contributed by atoms with Crippen molar-refractivity contribution in [1.82, 2.24) is 23.7 Å². The van der Waals surface area contributed by atoms with Gasteiger partial charge < -0.3 is 9.13 Å². The van der Waals surface area contributed by atoms with Gasteiger partial charge in [0.05, 0.1) is 33.1 Å². The number of hydrogen-bond acceptors (Lipinski definition) is 3. The third-order valence-electron chi connectivity index (χ3n) is 10.9. The second kappa shape index (κ2) is 11.2. The van der Waals surface area contributed by atoms with Crippen LogP contribution in [0, 0.1) is 0 Å². The lowest BCUT2D eigenvalue weighted by atomic mass is 10.1. The van der Waals surface area contributed by atoms with E-state index < -0.39 is 0 Å². The summed E-state index contributed by atoms with van der Waals surface area (Å²) in [7, 11) is 0. The van der Waals surface area contributed by atoms with E-state index in [-0.39, 0.29) is 0 Å². The van der Waals surface area contributed by atoms with Crippen LogP contribution in [0.2, 0.25) is 0 Å². The van der Waals surface area contributed by atoms with Crippen molar-refractivity contribution in [1.29, 1.82) is 0 Å². The molecular weight excluding hydrogens is 679 g/mol. The van der Waals surface area contributed by atoms with Crippen molar-refractivity contribution < 1.29 is 0 Å². The number of pyridine rings is 1. The smallest absolute Gasteiger partial charge is 0.145 e. The normalized spacial score (nSPS) is 12.1. The minimum atomic E-state index is 0.922. The predicted octanol–water partition coefficient (Wildman–Crippen LogP) is 12.6. The Balaban J connectivity index is 1.12. The van der Waals surface area contributed by atoms with Crippen molar-refractivity contribution in [3.63, 3.8) is 0 Å². The maximum atomic E-state index is 5.13. The maximum Gasteiger partial charge on any atom is 0.145 e. The average Bonchev–Trinajstić information content (AvgIpc) is 3.99. The Kier molecular flexibility index (Phi) is 6.15. The standard InChI is InChI=1S/C48H29N5S/c1-3-11-31(12-4-1)51-39-17-9-7-15-35(39)44-42(51)25-23-36-45-43(54-47(36)44)26-24-34-37-29-49-28-27-40(37)52(46(34)45)33-21-19-30(20-22-33)48-50-38-16-8-10-18-41(38)53(48)32-13-5-2-6-14-32/h1-29H. The van der Waals surface area contributed by atoms with Gasteiger partial charge >= 0.3 is 0 Å². The van der Waals surface area contributed by atoms with Gasteiger partial charge in [0.15, 0.2) is 0 Å². The first kappa shape index (κ1) is 29.5. The minimum Gasteiger partial charge on any atom is -0.309 e. The third-order valence-corrected chi connectivity index (χ3v) is 12.1. The van der Waals surface area contributed by atoms with Gasteiger partial charge in [0.2, 0.25) is 0 Å². The zero-order valence-electron chi connectivity index (χ0n) is 28.9. The van der Waals surface area contributed by atoms with Crippen LogP contribution < -0.4 is 0 Å². The highest BCUT2D eigenvalue weighted by molar-refractivity contribution is 7.27. The number of benzene rings is 7. The van der Waals surface area contributed by atoms with Crippen molar-refractivity contribution in [3.8, 4) is 28.5 Å². The summed E-state index contributed by atoms with van der Waals surface area (Å²) in [5.41, 5.74) is 11.3. The Morgan fingerprint density at radius 2 is 1.09 bits per heavy atom. The van der Waals surface area contributed by atoms with Crippen LogP contribution in [0.4, 0.5) is 0 Å². The largest absolute Gasteiger partial charge is 0.309 e. The summed E-state index contributed by atoms with van der Waals surface area (Å²) in [6.07, 6.45) is 3.91. The number of imidazole rings is 1. The second-order valence-corrected chi connectivity index (χ2v) is 14.9. The molecule has 0 fully saturated rings. The van der Waals surface area contributed by atoms with Crippen LogP contribution in [-0.4, -0.2) is 23.7 Å². The van der Waals surface area contributed by atoms with E-state index in [0.29, 0.717) is 0 Å². The van der Waals surface area contributed by atoms with E-state index in [0.717, 1.165) is 44.7 Å². The molecule has 252 valence electrons. The van der Waals surface area contributed by atoms with Gasteiger partial charge in [-0.15, -0.1) is 11.3 Å². The predicted molar refractivity (Wildman–Crippen MR) is 226 cm³/mol. The lowest BCUT2D eigenvalue weighted by molar-refractivity contribution is 1.10. The summed E-state index contributed by atoms with van der Waals surface area (Å²) >= 11 is 1.89. The fourth-order valence-electron chi connectivity index (χ4n) is 8.66. The second-order valence-electron chi connectivity index (χ2n) is 13.8. The lowest BCUT2D eigenvalue weighted by Crippen LogP contribution is -1.98. The number of hydrogen-bond donors (Lipinski definition) is 0. The molecule has 0 bridgehead atoms. The average molecular weight is 708 g/mol. The third kappa shape index (κ3) is 4.08. The van der Waals surface area contributed by atoms with E-state index in [2.05, 4.69) is 182 Å². The van der Waals surface area contributed by atoms with E-state index in [4.69, 9.17) is 4.98 Å². The van der Waals surface area contributed by atoms with Gasteiger partial charge in [-0.1, -0.05) is 78.9 Å². The molecule has 0 aliphatic carbocycles. The number of thiophene rings is 1. The topological polar surface area (TPSA) is 40.6 Å². The molecule has 0 saturated carbocycles. The summed E-state index contributed by atoms with van der Waals surface area (Å²) < 4.78 is 9.67. The molecule has 5 aromatic heterocycles. The summed E-state index contributed by atoms with van der Waals surface area (Å²) in [6, 6.07) is 58.6. The van der Waals surface area contributed by atoms with Gasteiger partial charge in [-0.05, 0) is 84.9 Å². The van der Waals surface area contributed by atoms with Crippen LogP contribution in [0.15, 0.2) is 176 Å². The minimum absolute atomic E-state index is 0.922. The van der Waals surface area contributed by atoms with Crippen LogP contribution >= 0.6 is 11.3 Å². The Morgan fingerprint density at radius 3 is 1.91 bits per heavy atom. The molecule has 0 N–H and O–H groups in total. The molecule has 12 rings (SSSR count). The van der Waals surface area contributed by atoms with E-state index in [1.165, 1.54) is 58.6 Å². The van der Waals surface area contributed by atoms with Crippen molar-refractivity contribution in [2.24, 2.45) is 0 Å². The lowest BCUT2D eigenvalue weighted by Gasteiger charge is -2.12. The van der Waals surface area contributed by atoms with E-state index in [9.17, 15) is 0 Å². The molecule has 12 aromatic rings. The van der Waals surface area contributed by atoms with E-state index >= 15 is 0 Å². The van der Waals surface area contributed by atoms with Gasteiger partial charge in [0, 0.05) is 76.7 Å². The zero-order chi connectivity index (χ0) is 35.3. The Bertz CT molecular complexity index is 3420. The monoisotopic (exact) mass is 707 g/mol. The molecule has 0 atom stereocenters. The molecule has 0 amide bonds. The molecule has 6 heteroatoms. The number of fused-ring (bicyclic) bond motifs is 12. The highest BCUT2D eigenvalue weighted by Crippen LogP contribution is 2.47. The Hall–Kier alpha value is -7.02. The van der Waals surface area contributed by atoms with Crippen LogP contribution in [0.25, 0.3) is 103 Å². The summed E-state index contributed by atoms with van der Waals surface area (Å²) in [4.78, 5) is 9.73. The van der Waals surface area contributed by atoms with Crippen molar-refractivity contribution in [2.75, 3.05) is 0 Å². The van der Waals surface area contributed by atoms with E-state index in [1.807, 2.05) is 23.7 Å². The number of aromatic nitrogens is 5. The molecule has 0 aliphatic rings. The quantitative estimate of drug-likeness (QED) is 0.183. The molecule has 0 spiro atoms.